The number of hydrogen-bond acceptors (Lipinski definition) is 0. The van der Waals surface area contributed by atoms with Gasteiger partial charge in [0.25, 0.3) is 0 Å². The van der Waals surface area contributed by atoms with Crippen molar-refractivity contribution < 1.29 is 52.7 Å². The number of alkyl halides is 12. The molecule has 0 radical (unpaired) electrons. The van der Waals surface area contributed by atoms with Crippen LogP contribution in [0.25, 0.3) is 0 Å². The van der Waals surface area contributed by atoms with Crippen LogP contribution in [0.2, 0.25) is 0 Å². The molecule has 0 aliphatic heterocycles. The number of rotatable bonds is 0. The fraction of sp³-hybridized carbons (Fsp3) is 0.250. The molecule has 0 aliphatic carbocycles. The third kappa shape index (κ3) is 6.91. The van der Waals surface area contributed by atoms with Crippen LogP contribution in [0.15, 0.2) is 36.4 Å². The molecule has 0 spiro atoms. The van der Waals surface area contributed by atoms with Crippen LogP contribution in [0.3, 0.4) is 0 Å². The first kappa shape index (κ1) is 25.8. The Morgan fingerprint density at radius 1 is 0.433 bits per heavy atom. The van der Waals surface area contributed by atoms with Gasteiger partial charge in [-0.15, -0.1) is 0 Å². The minimum Gasteiger partial charge on any atom is -0.166 e. The molecule has 0 atom stereocenters. The van der Waals surface area contributed by atoms with Crippen molar-refractivity contribution in [2.45, 2.75) is 24.7 Å². The molecule has 2 aromatic rings. The molecule has 0 saturated carbocycles. The SMILES string of the molecule is Bc1cc(C(F)(F)F)ccc1C(F)(F)F.Bc1cc(C(F)(F)F)ccc1C(F)(F)F. The summed E-state index contributed by atoms with van der Waals surface area (Å²) in [6.45, 7) is 0. The monoisotopic (exact) mass is 452 g/mol. The molecule has 0 nitrogen and oxygen atoms in total. The smallest absolute Gasteiger partial charge is 0.166 e. The van der Waals surface area contributed by atoms with Gasteiger partial charge in [-0.2, -0.15) is 52.7 Å². The van der Waals surface area contributed by atoms with Gasteiger partial charge < -0.3 is 0 Å². The summed E-state index contributed by atoms with van der Waals surface area (Å²) in [6.07, 6.45) is -18.5. The molecule has 0 saturated heterocycles. The van der Waals surface area contributed by atoms with Crippen LogP contribution in [-0.2, 0) is 24.7 Å². The lowest BCUT2D eigenvalue weighted by Crippen LogP contribution is -2.21. The van der Waals surface area contributed by atoms with Crippen LogP contribution < -0.4 is 10.9 Å². The Kier molecular flexibility index (Phi) is 7.27. The van der Waals surface area contributed by atoms with Crippen molar-refractivity contribution >= 4 is 26.6 Å². The zero-order valence-corrected chi connectivity index (χ0v) is 15.0. The van der Waals surface area contributed by atoms with Gasteiger partial charge >= 0.3 is 24.7 Å². The summed E-state index contributed by atoms with van der Waals surface area (Å²) in [7, 11) is 2.00. The molecular formula is C16H10B2F12. The average molecular weight is 452 g/mol. The fourth-order valence-electron chi connectivity index (χ4n) is 2.32. The summed E-state index contributed by atoms with van der Waals surface area (Å²) in [5.74, 6) is 0. The molecule has 0 amide bonds. The van der Waals surface area contributed by atoms with Gasteiger partial charge in [-0.25, -0.2) is 0 Å². The van der Waals surface area contributed by atoms with Crippen molar-refractivity contribution in [2.24, 2.45) is 0 Å². The quantitative estimate of drug-likeness (QED) is 0.420. The second-order valence-electron chi connectivity index (χ2n) is 6.05. The van der Waals surface area contributed by atoms with E-state index in [0.717, 1.165) is 15.7 Å². The molecule has 164 valence electrons. The van der Waals surface area contributed by atoms with Crippen LogP contribution in [0.5, 0.6) is 0 Å². The van der Waals surface area contributed by atoms with E-state index in [1.54, 1.807) is 0 Å². The number of hydrogen-bond donors (Lipinski definition) is 0. The highest BCUT2D eigenvalue weighted by atomic mass is 19.4. The van der Waals surface area contributed by atoms with Crippen LogP contribution in [-0.4, -0.2) is 15.7 Å². The van der Waals surface area contributed by atoms with Crippen LogP contribution >= 0.6 is 0 Å². The van der Waals surface area contributed by atoms with E-state index in [1.165, 1.54) is 0 Å². The molecule has 0 heterocycles. The highest BCUT2D eigenvalue weighted by molar-refractivity contribution is 6.33. The van der Waals surface area contributed by atoms with Gasteiger partial charge in [-0.05, 0) is 24.3 Å². The predicted octanol–water partition coefficient (Wildman–Crippen LogP) is 3.97. The molecular weight excluding hydrogens is 442 g/mol. The van der Waals surface area contributed by atoms with Crippen LogP contribution in [0.1, 0.15) is 22.3 Å². The summed E-state index contributed by atoms with van der Waals surface area (Å²) in [5.41, 5.74) is -5.11. The van der Waals surface area contributed by atoms with E-state index < -0.39 is 57.9 Å². The molecule has 14 heteroatoms. The fourth-order valence-corrected chi connectivity index (χ4v) is 2.32. The maximum atomic E-state index is 12.2. The van der Waals surface area contributed by atoms with Gasteiger partial charge in [0.1, 0.15) is 15.7 Å². The third-order valence-electron chi connectivity index (χ3n) is 3.72. The largest absolute Gasteiger partial charge is 0.416 e. The maximum absolute atomic E-state index is 12.2. The van der Waals surface area contributed by atoms with Crippen LogP contribution in [0.4, 0.5) is 52.7 Å². The Morgan fingerprint density at radius 3 is 0.867 bits per heavy atom. The second-order valence-corrected chi connectivity index (χ2v) is 6.05. The van der Waals surface area contributed by atoms with E-state index in [9.17, 15) is 52.7 Å². The highest BCUT2D eigenvalue weighted by Gasteiger charge is 2.36. The van der Waals surface area contributed by atoms with Gasteiger partial charge in [0, 0.05) is 11.1 Å². The third-order valence-corrected chi connectivity index (χ3v) is 3.72. The summed E-state index contributed by atoms with van der Waals surface area (Å²) in [5, 5.41) is 0. The molecule has 0 unspecified atom stereocenters. The van der Waals surface area contributed by atoms with E-state index in [-0.39, 0.29) is 0 Å². The standard InChI is InChI=1S/2C8H5BF6/c2*9-6-3-4(7(10,11)12)1-2-5(6)8(13,14)15/h2*1-3H,9H2. The van der Waals surface area contributed by atoms with Gasteiger partial charge in [-0.3, -0.25) is 0 Å². The molecule has 0 N–H and O–H groups in total. The van der Waals surface area contributed by atoms with Crippen molar-refractivity contribution in [3.8, 4) is 0 Å². The Morgan fingerprint density at radius 2 is 0.700 bits per heavy atom. The Labute approximate surface area is 163 Å². The molecule has 2 aromatic carbocycles. The van der Waals surface area contributed by atoms with E-state index in [0.29, 0.717) is 36.4 Å². The Balaban J connectivity index is 0.000000300. The van der Waals surface area contributed by atoms with Crippen molar-refractivity contribution in [1.29, 1.82) is 0 Å². The molecule has 0 aromatic heterocycles. The van der Waals surface area contributed by atoms with E-state index in [2.05, 4.69) is 0 Å². The van der Waals surface area contributed by atoms with Gasteiger partial charge in [-0.1, -0.05) is 23.1 Å². The minimum atomic E-state index is -4.62. The normalized spacial score (nSPS) is 12.9. The zero-order chi connectivity index (χ0) is 23.7. The van der Waals surface area contributed by atoms with Crippen molar-refractivity contribution in [3.63, 3.8) is 0 Å². The molecule has 2 rings (SSSR count). The molecule has 0 fully saturated rings. The van der Waals surface area contributed by atoms with Gasteiger partial charge in [0.05, 0.1) is 11.1 Å². The van der Waals surface area contributed by atoms with E-state index in [4.69, 9.17) is 0 Å². The highest BCUT2D eigenvalue weighted by Crippen LogP contribution is 2.33. The lowest BCUT2D eigenvalue weighted by molar-refractivity contribution is -0.140. The summed E-state index contributed by atoms with van der Waals surface area (Å²) >= 11 is 0. The first-order chi connectivity index (χ1) is 13.2. The van der Waals surface area contributed by atoms with Gasteiger partial charge in [0.2, 0.25) is 0 Å². The van der Waals surface area contributed by atoms with E-state index in [1.807, 2.05) is 0 Å². The molecule has 30 heavy (non-hydrogen) atoms. The number of halogens is 12. The van der Waals surface area contributed by atoms with Crippen molar-refractivity contribution in [1.82, 2.24) is 0 Å². The first-order valence-corrected chi connectivity index (χ1v) is 7.74. The molecule has 0 bridgehead atoms. The maximum Gasteiger partial charge on any atom is 0.416 e. The van der Waals surface area contributed by atoms with Gasteiger partial charge in [0.15, 0.2) is 0 Å². The minimum absolute atomic E-state index is 0.426. The summed E-state index contributed by atoms with van der Waals surface area (Å²) in [6, 6.07) is 2.72. The summed E-state index contributed by atoms with van der Waals surface area (Å²) in [4.78, 5) is 0. The molecule has 0 aliphatic rings. The topological polar surface area (TPSA) is 0 Å². The van der Waals surface area contributed by atoms with Crippen molar-refractivity contribution in [2.75, 3.05) is 0 Å². The second kappa shape index (κ2) is 8.46. The predicted molar refractivity (Wildman–Crippen MR) is 89.2 cm³/mol. The van der Waals surface area contributed by atoms with Crippen LogP contribution in [0, 0.1) is 0 Å². The average Bonchev–Trinajstić information content (AvgIpc) is 2.51. The summed E-state index contributed by atoms with van der Waals surface area (Å²) < 4.78 is 146. The lowest BCUT2D eigenvalue weighted by atomic mass is 9.88. The Bertz CT molecular complexity index is 802. The van der Waals surface area contributed by atoms with E-state index >= 15 is 0 Å². The number of benzene rings is 2. The first-order valence-electron chi connectivity index (χ1n) is 7.74. The lowest BCUT2D eigenvalue weighted by Gasteiger charge is -2.13. The zero-order valence-electron chi connectivity index (χ0n) is 15.0. The Hall–Kier alpha value is -2.27. The van der Waals surface area contributed by atoms with Crippen molar-refractivity contribution in [3.05, 3.63) is 58.7 Å².